The van der Waals surface area contributed by atoms with E-state index in [2.05, 4.69) is 14.7 Å². The zero-order valence-electron chi connectivity index (χ0n) is 13.2. The number of anilines is 1. The van der Waals surface area contributed by atoms with Gasteiger partial charge in [-0.25, -0.2) is 0 Å². The lowest BCUT2D eigenvalue weighted by Gasteiger charge is -2.12. The fourth-order valence-electron chi connectivity index (χ4n) is 2.21. The zero-order chi connectivity index (χ0) is 18.9. The first-order valence-electron chi connectivity index (χ1n) is 7.22. The smallest absolute Gasteiger partial charge is 0.416 e. The van der Waals surface area contributed by atoms with Gasteiger partial charge < -0.3 is 19.4 Å². The molecule has 3 aromatic rings. The van der Waals surface area contributed by atoms with Crippen LogP contribution in [0.2, 0.25) is 0 Å². The molecule has 0 unspecified atom stereocenters. The largest absolute Gasteiger partial charge is 0.495 e. The van der Waals surface area contributed by atoms with E-state index in [1.54, 1.807) is 12.1 Å². The van der Waals surface area contributed by atoms with Crippen molar-refractivity contribution in [2.24, 2.45) is 0 Å². The third-order valence-corrected chi connectivity index (χ3v) is 4.37. The molecule has 0 atom stereocenters. The molecule has 0 aliphatic carbocycles. The Hall–Kier alpha value is -2.88. The first-order chi connectivity index (χ1) is 12.3. The van der Waals surface area contributed by atoms with E-state index < -0.39 is 22.9 Å². The minimum Gasteiger partial charge on any atom is -0.495 e. The highest BCUT2D eigenvalue weighted by atomic mass is 32.2. The monoisotopic (exact) mass is 383 g/mol. The quantitative estimate of drug-likeness (QED) is 0.475. The summed E-state index contributed by atoms with van der Waals surface area (Å²) in [5.41, 5.74) is -1.05. The lowest BCUT2D eigenvalue weighted by Crippen LogP contribution is -2.28. The maximum atomic E-state index is 12.6. The van der Waals surface area contributed by atoms with Crippen molar-refractivity contribution in [2.45, 2.75) is 11.1 Å². The summed E-state index contributed by atoms with van der Waals surface area (Å²) in [4.78, 5) is 28.3. The number of rotatable bonds is 4. The van der Waals surface area contributed by atoms with Crippen molar-refractivity contribution in [1.82, 2.24) is 9.97 Å². The summed E-state index contributed by atoms with van der Waals surface area (Å²) in [7, 11) is 1.44. The van der Waals surface area contributed by atoms with Gasteiger partial charge in [-0.15, -0.1) is 0 Å². The summed E-state index contributed by atoms with van der Waals surface area (Å²) in [6.45, 7) is 0. The van der Waals surface area contributed by atoms with Crippen LogP contribution < -0.4 is 20.6 Å². The molecule has 0 amide bonds. The molecule has 1 heterocycles. The molecule has 136 valence electrons. The van der Waals surface area contributed by atoms with Gasteiger partial charge in [-0.1, -0.05) is 0 Å². The third kappa shape index (κ3) is 3.69. The zero-order valence-corrected chi connectivity index (χ0v) is 14.0. The number of H-pyrrole nitrogens is 2. The molecular formula is C16H12F3N3O3S. The van der Waals surface area contributed by atoms with E-state index in [1.807, 2.05) is 0 Å². The van der Waals surface area contributed by atoms with E-state index in [-0.39, 0.29) is 0 Å². The summed E-state index contributed by atoms with van der Waals surface area (Å²) in [5, 5.41) is 0. The van der Waals surface area contributed by atoms with Crippen LogP contribution in [0.3, 0.4) is 0 Å². The highest BCUT2D eigenvalue weighted by molar-refractivity contribution is 8.00. The van der Waals surface area contributed by atoms with Gasteiger partial charge in [0.1, 0.15) is 5.75 Å². The average Bonchev–Trinajstić information content (AvgIpc) is 2.60. The summed E-state index contributed by atoms with van der Waals surface area (Å²) < 4.78 is 45.9. The van der Waals surface area contributed by atoms with E-state index in [9.17, 15) is 22.8 Å². The van der Waals surface area contributed by atoms with Crippen molar-refractivity contribution >= 4 is 28.7 Å². The van der Waals surface area contributed by atoms with E-state index in [4.69, 9.17) is 4.74 Å². The molecule has 3 rings (SSSR count). The molecule has 0 aliphatic rings. The first kappa shape index (κ1) is 17.9. The number of methoxy groups -OCH3 is 1. The predicted octanol–water partition coefficient (Wildman–Crippen LogP) is 3.36. The van der Waals surface area contributed by atoms with Crippen molar-refractivity contribution < 1.29 is 17.9 Å². The molecule has 6 nitrogen and oxygen atoms in total. The summed E-state index contributed by atoms with van der Waals surface area (Å²) >= 11 is 1.09. The van der Waals surface area contributed by atoms with Crippen LogP contribution in [0.15, 0.2) is 50.9 Å². The first-order valence-corrected chi connectivity index (χ1v) is 8.04. The average molecular weight is 383 g/mol. The van der Waals surface area contributed by atoms with Gasteiger partial charge in [0.15, 0.2) is 0 Å². The molecule has 0 saturated carbocycles. The summed E-state index contributed by atoms with van der Waals surface area (Å²) in [5.74, 6) is 0.421. The van der Waals surface area contributed by atoms with Gasteiger partial charge in [0.2, 0.25) is 0 Å². The number of hydrogen-bond acceptors (Lipinski definition) is 5. The van der Waals surface area contributed by atoms with E-state index in [1.165, 1.54) is 19.2 Å². The number of ether oxygens (including phenoxy) is 1. The van der Waals surface area contributed by atoms with Crippen LogP contribution in [0.4, 0.5) is 18.9 Å². The van der Waals surface area contributed by atoms with Gasteiger partial charge in [0.25, 0.3) is 0 Å². The number of benzene rings is 2. The standard InChI is InChI=1S/C16H12F3N3O3S/c1-25-12-6-10-11(21-15(24)14(23)20-10)7-13(12)26-22-9-4-2-8(3-5-9)16(17,18)19/h2-7,22H,1H3,(H,20,23)(H,21,24). The van der Waals surface area contributed by atoms with Crippen molar-refractivity contribution in [1.29, 1.82) is 0 Å². The number of hydrogen-bond donors (Lipinski definition) is 3. The Morgan fingerprint density at radius 2 is 1.58 bits per heavy atom. The Labute approximate surface area is 148 Å². The predicted molar refractivity (Wildman–Crippen MR) is 92.7 cm³/mol. The second-order valence-corrected chi connectivity index (χ2v) is 6.08. The highest BCUT2D eigenvalue weighted by Crippen LogP contribution is 2.34. The van der Waals surface area contributed by atoms with Crippen LogP contribution >= 0.6 is 11.9 Å². The molecular weight excluding hydrogens is 371 g/mol. The van der Waals surface area contributed by atoms with E-state index in [0.717, 1.165) is 24.1 Å². The lowest BCUT2D eigenvalue weighted by molar-refractivity contribution is -0.137. The van der Waals surface area contributed by atoms with Crippen molar-refractivity contribution in [3.63, 3.8) is 0 Å². The van der Waals surface area contributed by atoms with Gasteiger partial charge in [-0.2, -0.15) is 13.2 Å². The third-order valence-electron chi connectivity index (χ3n) is 3.50. The minimum absolute atomic E-state index is 0.394. The molecule has 0 fully saturated rings. The Morgan fingerprint density at radius 3 is 2.12 bits per heavy atom. The second-order valence-electron chi connectivity index (χ2n) is 5.24. The number of aromatic amines is 2. The fourth-order valence-corrected chi connectivity index (χ4v) is 2.99. The van der Waals surface area contributed by atoms with Gasteiger partial charge in [-0.05, 0) is 42.3 Å². The van der Waals surface area contributed by atoms with Crippen LogP contribution in [-0.2, 0) is 6.18 Å². The molecule has 0 bridgehead atoms. The van der Waals surface area contributed by atoms with E-state index >= 15 is 0 Å². The SMILES string of the molecule is COc1cc2[nH]c(=O)c(=O)[nH]c2cc1SNc1ccc(C(F)(F)F)cc1. The van der Waals surface area contributed by atoms with Gasteiger partial charge in [0, 0.05) is 11.8 Å². The number of aromatic nitrogens is 2. The molecule has 1 aromatic heterocycles. The molecule has 3 N–H and O–H groups in total. The molecule has 0 aliphatic heterocycles. The number of halogens is 3. The topological polar surface area (TPSA) is 87.0 Å². The van der Waals surface area contributed by atoms with Crippen molar-refractivity contribution in [2.75, 3.05) is 11.8 Å². The maximum absolute atomic E-state index is 12.6. The Bertz CT molecular complexity index is 1060. The number of nitrogens with one attached hydrogen (secondary N) is 3. The summed E-state index contributed by atoms with van der Waals surface area (Å²) in [6.07, 6.45) is -4.39. The minimum atomic E-state index is -4.39. The molecule has 0 radical (unpaired) electrons. The molecule has 0 saturated heterocycles. The Kier molecular flexibility index (Phi) is 4.68. The van der Waals surface area contributed by atoms with Crippen molar-refractivity contribution in [3.05, 3.63) is 62.7 Å². The van der Waals surface area contributed by atoms with Crippen molar-refractivity contribution in [3.8, 4) is 5.75 Å². The van der Waals surface area contributed by atoms with Gasteiger partial charge in [-0.3, -0.25) is 9.59 Å². The summed E-state index contributed by atoms with van der Waals surface area (Å²) in [6, 6.07) is 7.70. The number of fused-ring (bicyclic) bond motifs is 1. The normalized spacial score (nSPS) is 11.5. The number of alkyl halides is 3. The lowest BCUT2D eigenvalue weighted by atomic mass is 10.2. The van der Waals surface area contributed by atoms with Crippen LogP contribution in [0, 0.1) is 0 Å². The Balaban J connectivity index is 1.87. The van der Waals surface area contributed by atoms with Crippen LogP contribution in [0.1, 0.15) is 5.56 Å². The second kappa shape index (κ2) is 6.79. The fraction of sp³-hybridized carbons (Fsp3) is 0.125. The molecule has 2 aromatic carbocycles. The van der Waals surface area contributed by atoms with E-state index in [0.29, 0.717) is 27.4 Å². The van der Waals surface area contributed by atoms with Gasteiger partial charge in [0.05, 0.1) is 28.6 Å². The molecule has 0 spiro atoms. The molecule has 10 heteroatoms. The van der Waals surface area contributed by atoms with Crippen LogP contribution in [0.25, 0.3) is 11.0 Å². The highest BCUT2D eigenvalue weighted by Gasteiger charge is 2.29. The molecule has 26 heavy (non-hydrogen) atoms. The van der Waals surface area contributed by atoms with Crippen LogP contribution in [0.5, 0.6) is 5.75 Å². The van der Waals surface area contributed by atoms with Gasteiger partial charge >= 0.3 is 17.3 Å². The maximum Gasteiger partial charge on any atom is 0.416 e. The van der Waals surface area contributed by atoms with Crippen LogP contribution in [-0.4, -0.2) is 17.1 Å². The Morgan fingerprint density at radius 1 is 1.00 bits per heavy atom.